The van der Waals surface area contributed by atoms with E-state index in [1.165, 1.54) is 16.7 Å². The minimum Gasteiger partial charge on any atom is -0.392 e. The summed E-state index contributed by atoms with van der Waals surface area (Å²) in [5.74, 6) is 1.49. The van der Waals surface area contributed by atoms with Crippen LogP contribution in [0.15, 0.2) is 78.4 Å². The first-order valence-electron chi connectivity index (χ1n) is 13.0. The number of hydrogen-bond donors (Lipinski definition) is 2. The second kappa shape index (κ2) is 12.2. The number of amides is 1. The smallest absolute Gasteiger partial charge is 0.220 e. The normalized spacial score (nSPS) is 23.8. The van der Waals surface area contributed by atoms with Gasteiger partial charge in [0, 0.05) is 18.9 Å². The molecule has 34 heavy (non-hydrogen) atoms. The highest BCUT2D eigenvalue weighted by molar-refractivity contribution is 5.75. The molecule has 0 radical (unpaired) electrons. The molecule has 1 fully saturated rings. The van der Waals surface area contributed by atoms with E-state index in [0.29, 0.717) is 24.8 Å². The molecule has 0 aliphatic heterocycles. The second-order valence-electron chi connectivity index (χ2n) is 10.2. The predicted octanol–water partition coefficient (Wildman–Crippen LogP) is 6.30. The Balaban J connectivity index is 1.14. The van der Waals surface area contributed by atoms with Crippen LogP contribution in [0.5, 0.6) is 0 Å². The summed E-state index contributed by atoms with van der Waals surface area (Å²) in [6, 6.07) is 18.8. The van der Waals surface area contributed by atoms with Crippen LogP contribution < -0.4 is 5.32 Å². The Morgan fingerprint density at radius 2 is 1.88 bits per heavy atom. The molecule has 180 valence electrons. The third-order valence-corrected chi connectivity index (χ3v) is 7.47. The second-order valence-corrected chi connectivity index (χ2v) is 10.2. The summed E-state index contributed by atoms with van der Waals surface area (Å²) in [6.45, 7) is 2.75. The molecular weight excluding hydrogens is 418 g/mol. The first-order chi connectivity index (χ1) is 16.6. The average Bonchev–Trinajstić information content (AvgIpc) is 3.35. The lowest BCUT2D eigenvalue weighted by Gasteiger charge is -2.18. The van der Waals surface area contributed by atoms with Crippen molar-refractivity contribution in [2.45, 2.75) is 70.9 Å². The highest BCUT2D eigenvalue weighted by Crippen LogP contribution is 2.48. The van der Waals surface area contributed by atoms with Gasteiger partial charge in [-0.15, -0.1) is 0 Å². The van der Waals surface area contributed by atoms with E-state index >= 15 is 0 Å². The molecule has 2 aliphatic carbocycles. The van der Waals surface area contributed by atoms with Gasteiger partial charge in [-0.05, 0) is 74.8 Å². The minimum absolute atomic E-state index is 0.139. The third-order valence-electron chi connectivity index (χ3n) is 7.47. The fourth-order valence-corrected chi connectivity index (χ4v) is 5.68. The maximum absolute atomic E-state index is 12.1. The number of carbonyl (C=O) groups is 1. The van der Waals surface area contributed by atoms with E-state index in [-0.39, 0.29) is 17.9 Å². The molecule has 2 aliphatic rings. The van der Waals surface area contributed by atoms with Crippen molar-refractivity contribution in [2.75, 3.05) is 0 Å². The zero-order valence-electron chi connectivity index (χ0n) is 20.5. The molecule has 2 N–H and O–H groups in total. The number of rotatable bonds is 11. The van der Waals surface area contributed by atoms with E-state index in [0.717, 1.165) is 50.5 Å². The summed E-state index contributed by atoms with van der Waals surface area (Å²) in [5, 5.41) is 13.6. The molecule has 2 aromatic carbocycles. The zero-order valence-corrected chi connectivity index (χ0v) is 20.5. The molecule has 1 amide bonds. The van der Waals surface area contributed by atoms with Crippen molar-refractivity contribution in [1.82, 2.24) is 5.32 Å². The largest absolute Gasteiger partial charge is 0.392 e. The molecule has 2 aromatic rings. The average molecular weight is 458 g/mol. The number of benzene rings is 2. The number of hydrogen-bond acceptors (Lipinski definition) is 2. The molecule has 3 nitrogen and oxygen atoms in total. The topological polar surface area (TPSA) is 49.3 Å². The van der Waals surface area contributed by atoms with Crippen LogP contribution in [0.2, 0.25) is 0 Å². The summed E-state index contributed by atoms with van der Waals surface area (Å²) in [5.41, 5.74) is 5.37. The van der Waals surface area contributed by atoms with Crippen molar-refractivity contribution in [3.63, 3.8) is 0 Å². The van der Waals surface area contributed by atoms with Gasteiger partial charge in [-0.25, -0.2) is 0 Å². The molecule has 0 spiro atoms. The molecule has 0 unspecified atom stereocenters. The Morgan fingerprint density at radius 3 is 2.71 bits per heavy atom. The van der Waals surface area contributed by atoms with Crippen LogP contribution >= 0.6 is 0 Å². The maximum atomic E-state index is 12.1. The SMILES string of the molecule is Cc1cccc(CC/C=C/[C@@H]2[C@H]3CC(CCCCC(=O)NCc4ccccc4)=C[C@H]3C[C@H]2O)c1. The first-order valence-corrected chi connectivity index (χ1v) is 13.0. The van der Waals surface area contributed by atoms with Gasteiger partial charge in [0.15, 0.2) is 0 Å². The van der Waals surface area contributed by atoms with Crippen molar-refractivity contribution in [3.8, 4) is 0 Å². The summed E-state index contributed by atoms with van der Waals surface area (Å²) in [4.78, 5) is 12.1. The maximum Gasteiger partial charge on any atom is 0.220 e. The van der Waals surface area contributed by atoms with Gasteiger partial charge in [-0.1, -0.05) is 84.0 Å². The minimum atomic E-state index is -0.212. The first kappa shape index (κ1) is 24.5. The Kier molecular flexibility index (Phi) is 8.76. The summed E-state index contributed by atoms with van der Waals surface area (Å²) in [6.07, 6.45) is 14.5. The Labute approximate surface area is 205 Å². The summed E-state index contributed by atoms with van der Waals surface area (Å²) >= 11 is 0. The van der Waals surface area contributed by atoms with Crippen LogP contribution in [0.1, 0.15) is 61.6 Å². The van der Waals surface area contributed by atoms with Gasteiger partial charge in [0.1, 0.15) is 0 Å². The lowest BCUT2D eigenvalue weighted by atomic mass is 9.88. The fourth-order valence-electron chi connectivity index (χ4n) is 5.68. The number of fused-ring (bicyclic) bond motifs is 1. The van der Waals surface area contributed by atoms with Gasteiger partial charge in [-0.2, -0.15) is 0 Å². The number of unbranched alkanes of at least 4 members (excludes halogenated alkanes) is 1. The molecule has 0 saturated heterocycles. The van der Waals surface area contributed by atoms with E-state index in [2.05, 4.69) is 54.7 Å². The number of allylic oxidation sites excluding steroid dienone is 3. The number of nitrogens with one attached hydrogen (secondary N) is 1. The van der Waals surface area contributed by atoms with Crippen molar-refractivity contribution in [2.24, 2.45) is 17.8 Å². The van der Waals surface area contributed by atoms with Gasteiger partial charge < -0.3 is 10.4 Å². The van der Waals surface area contributed by atoms with E-state index in [9.17, 15) is 9.90 Å². The van der Waals surface area contributed by atoms with Crippen molar-refractivity contribution < 1.29 is 9.90 Å². The van der Waals surface area contributed by atoms with Crippen LogP contribution in [0.3, 0.4) is 0 Å². The molecule has 1 saturated carbocycles. The fraction of sp³-hybridized carbons (Fsp3) is 0.452. The number of aliphatic hydroxyl groups is 1. The van der Waals surface area contributed by atoms with E-state index in [1.54, 1.807) is 0 Å². The summed E-state index contributed by atoms with van der Waals surface area (Å²) < 4.78 is 0. The standard InChI is InChI=1S/C31H39NO2/c1-23-10-9-15-24(18-23)11-5-7-16-28-29-20-26(19-27(29)21-30(28)33)14-6-8-17-31(34)32-22-25-12-3-2-4-13-25/h2-4,7,9-10,12-13,15-16,18-19,27-30,33H,5-6,8,11,14,17,20-22H2,1H3,(H,32,34)/b16-7+/t27-,28+,29-,30+/m0/s1. The van der Waals surface area contributed by atoms with Crippen molar-refractivity contribution in [3.05, 3.63) is 95.1 Å². The Morgan fingerprint density at radius 1 is 1.06 bits per heavy atom. The van der Waals surface area contributed by atoms with Crippen LogP contribution in [-0.4, -0.2) is 17.1 Å². The van der Waals surface area contributed by atoms with Gasteiger partial charge in [0.2, 0.25) is 5.91 Å². The molecule has 4 rings (SSSR count). The Bertz CT molecular complexity index is 994. The van der Waals surface area contributed by atoms with Crippen molar-refractivity contribution in [1.29, 1.82) is 0 Å². The van der Waals surface area contributed by atoms with Crippen molar-refractivity contribution >= 4 is 5.91 Å². The monoisotopic (exact) mass is 457 g/mol. The van der Waals surface area contributed by atoms with E-state index in [1.807, 2.05) is 30.3 Å². The molecule has 0 heterocycles. The number of carbonyl (C=O) groups excluding carboxylic acids is 1. The van der Waals surface area contributed by atoms with Crippen LogP contribution in [-0.2, 0) is 17.8 Å². The van der Waals surface area contributed by atoms with Crippen LogP contribution in [0, 0.1) is 24.7 Å². The molecule has 3 heteroatoms. The highest BCUT2D eigenvalue weighted by atomic mass is 16.3. The molecular formula is C31H39NO2. The van der Waals surface area contributed by atoms with Crippen LogP contribution in [0.25, 0.3) is 0 Å². The number of aryl methyl sites for hydroxylation is 2. The lowest BCUT2D eigenvalue weighted by molar-refractivity contribution is -0.121. The van der Waals surface area contributed by atoms with Gasteiger partial charge in [0.05, 0.1) is 6.10 Å². The zero-order chi connectivity index (χ0) is 23.8. The number of aliphatic hydroxyl groups excluding tert-OH is 1. The Hall–Kier alpha value is -2.65. The molecule has 0 bridgehead atoms. The van der Waals surface area contributed by atoms with Gasteiger partial charge in [-0.3, -0.25) is 4.79 Å². The molecule has 0 aromatic heterocycles. The quantitative estimate of drug-likeness (QED) is 0.307. The highest BCUT2D eigenvalue weighted by Gasteiger charge is 2.43. The van der Waals surface area contributed by atoms with E-state index < -0.39 is 0 Å². The lowest BCUT2D eigenvalue weighted by Crippen LogP contribution is -2.22. The predicted molar refractivity (Wildman–Crippen MR) is 139 cm³/mol. The van der Waals surface area contributed by atoms with Crippen LogP contribution in [0.4, 0.5) is 0 Å². The van der Waals surface area contributed by atoms with Gasteiger partial charge in [0.25, 0.3) is 0 Å². The van der Waals surface area contributed by atoms with E-state index in [4.69, 9.17) is 0 Å². The van der Waals surface area contributed by atoms with Gasteiger partial charge >= 0.3 is 0 Å². The molecule has 4 atom stereocenters. The third kappa shape index (κ3) is 6.93. The summed E-state index contributed by atoms with van der Waals surface area (Å²) in [7, 11) is 0.